The van der Waals surface area contributed by atoms with Gasteiger partial charge >= 0.3 is 0 Å². The minimum atomic E-state index is -1.36. The lowest BCUT2D eigenvalue weighted by molar-refractivity contribution is 0.0488. The molecule has 1 N–H and O–H groups in total. The average Bonchev–Trinajstić information content (AvgIpc) is 2.25. The highest BCUT2D eigenvalue weighted by Gasteiger charge is 2.24. The number of aliphatic hydroxyl groups is 1. The second-order valence-corrected chi connectivity index (χ2v) is 3.91. The van der Waals surface area contributed by atoms with E-state index in [0.717, 1.165) is 0 Å². The smallest absolute Gasteiger partial charge is 0.193 e. The molecule has 3 heteroatoms. The van der Waals surface area contributed by atoms with Crippen molar-refractivity contribution in [2.75, 3.05) is 6.61 Å². The van der Waals surface area contributed by atoms with Gasteiger partial charge in [-0.25, -0.2) is 0 Å². The van der Waals surface area contributed by atoms with Crippen molar-refractivity contribution < 1.29 is 14.6 Å². The summed E-state index contributed by atoms with van der Waals surface area (Å²) >= 11 is 0. The number of carbonyl (C=O) groups excluding carboxylic acids is 1. The Balaban J connectivity index is 2.80. The molecule has 0 aromatic heterocycles. The first kappa shape index (κ1) is 12.3. The molecular weight excluding hydrogens is 204 g/mol. The number of Topliss-reactive ketones (excluding diaryl/α,β-unsaturated/α-hetero) is 1. The molecule has 0 saturated heterocycles. The minimum absolute atomic E-state index is 0.193. The van der Waals surface area contributed by atoms with Gasteiger partial charge in [0, 0.05) is 5.56 Å². The van der Waals surface area contributed by atoms with Gasteiger partial charge in [-0.2, -0.15) is 0 Å². The van der Waals surface area contributed by atoms with Gasteiger partial charge in [-0.3, -0.25) is 4.79 Å². The van der Waals surface area contributed by atoms with Gasteiger partial charge in [-0.15, -0.1) is 6.42 Å². The summed E-state index contributed by atoms with van der Waals surface area (Å²) < 4.78 is 5.17. The molecule has 0 heterocycles. The molecule has 0 amide bonds. The number of terminal acetylenes is 1. The lowest BCUT2D eigenvalue weighted by atomic mass is 9.97. The molecule has 1 rings (SSSR count). The van der Waals surface area contributed by atoms with E-state index in [-0.39, 0.29) is 12.4 Å². The predicted octanol–water partition coefficient (Wildman–Crippen LogP) is 1.65. The molecule has 16 heavy (non-hydrogen) atoms. The Labute approximate surface area is 95.1 Å². The molecule has 1 aromatic carbocycles. The van der Waals surface area contributed by atoms with E-state index >= 15 is 0 Å². The number of carbonyl (C=O) groups is 1. The number of ether oxygens (including phenoxy) is 1. The van der Waals surface area contributed by atoms with Crippen LogP contribution in [-0.4, -0.2) is 23.1 Å². The standard InChI is InChI=1S/C13H14O3/c1-4-9-16-11-7-5-10(6-8-11)12(14)13(2,3)15/h1,5-8,15H,9H2,2-3H3. The van der Waals surface area contributed by atoms with Crippen LogP contribution in [0.5, 0.6) is 5.75 Å². The number of hydrogen-bond acceptors (Lipinski definition) is 3. The number of benzene rings is 1. The van der Waals surface area contributed by atoms with Crippen LogP contribution in [0.1, 0.15) is 24.2 Å². The lowest BCUT2D eigenvalue weighted by Crippen LogP contribution is -2.30. The second-order valence-electron chi connectivity index (χ2n) is 3.91. The zero-order valence-electron chi connectivity index (χ0n) is 9.36. The molecule has 0 atom stereocenters. The van der Waals surface area contributed by atoms with Crippen LogP contribution in [0.2, 0.25) is 0 Å². The first-order valence-corrected chi connectivity index (χ1v) is 4.88. The summed E-state index contributed by atoms with van der Waals surface area (Å²) in [5, 5.41) is 9.54. The fourth-order valence-corrected chi connectivity index (χ4v) is 1.18. The quantitative estimate of drug-likeness (QED) is 0.617. The van der Waals surface area contributed by atoms with E-state index in [1.54, 1.807) is 24.3 Å². The maximum atomic E-state index is 11.7. The van der Waals surface area contributed by atoms with Crippen LogP contribution in [0.3, 0.4) is 0 Å². The van der Waals surface area contributed by atoms with Gasteiger partial charge in [0.05, 0.1) is 0 Å². The molecular formula is C13H14O3. The third-order valence-electron chi connectivity index (χ3n) is 1.99. The largest absolute Gasteiger partial charge is 0.481 e. The molecule has 0 saturated carbocycles. The van der Waals surface area contributed by atoms with Crippen LogP contribution in [0.25, 0.3) is 0 Å². The van der Waals surface area contributed by atoms with E-state index in [0.29, 0.717) is 11.3 Å². The van der Waals surface area contributed by atoms with Crippen molar-refractivity contribution in [3.8, 4) is 18.1 Å². The van der Waals surface area contributed by atoms with Gasteiger partial charge in [-0.05, 0) is 38.1 Å². The number of ketones is 1. The fraction of sp³-hybridized carbons (Fsp3) is 0.308. The average molecular weight is 218 g/mol. The highest BCUT2D eigenvalue weighted by atomic mass is 16.5. The van der Waals surface area contributed by atoms with Crippen molar-refractivity contribution >= 4 is 5.78 Å². The third kappa shape index (κ3) is 3.11. The predicted molar refractivity (Wildman–Crippen MR) is 61.4 cm³/mol. The Bertz CT molecular complexity index is 404. The van der Waals surface area contributed by atoms with Crippen LogP contribution < -0.4 is 4.74 Å². The summed E-state index contributed by atoms with van der Waals surface area (Å²) in [5.74, 6) is 2.63. The molecule has 0 bridgehead atoms. The zero-order valence-corrected chi connectivity index (χ0v) is 9.36. The normalized spacial score (nSPS) is 10.6. The third-order valence-corrected chi connectivity index (χ3v) is 1.99. The van der Waals surface area contributed by atoms with E-state index in [2.05, 4.69) is 5.92 Å². The summed E-state index contributed by atoms with van der Waals surface area (Å²) in [6, 6.07) is 6.50. The molecule has 0 spiro atoms. The van der Waals surface area contributed by atoms with E-state index < -0.39 is 5.60 Å². The van der Waals surface area contributed by atoms with Gasteiger partial charge in [0.25, 0.3) is 0 Å². The summed E-state index contributed by atoms with van der Waals surface area (Å²) in [6.45, 7) is 3.11. The van der Waals surface area contributed by atoms with Crippen LogP contribution in [0.15, 0.2) is 24.3 Å². The topological polar surface area (TPSA) is 46.5 Å². The molecule has 1 aromatic rings. The minimum Gasteiger partial charge on any atom is -0.481 e. The van der Waals surface area contributed by atoms with Crippen molar-refractivity contribution in [3.63, 3.8) is 0 Å². The SMILES string of the molecule is C#CCOc1ccc(C(=O)C(C)(C)O)cc1. The maximum Gasteiger partial charge on any atom is 0.193 e. The molecule has 0 aliphatic heterocycles. The first-order chi connectivity index (χ1) is 7.45. The monoisotopic (exact) mass is 218 g/mol. The second kappa shape index (κ2) is 4.82. The summed E-state index contributed by atoms with van der Waals surface area (Å²) in [5.41, 5.74) is -0.915. The number of rotatable bonds is 4. The van der Waals surface area contributed by atoms with Crippen LogP contribution in [-0.2, 0) is 0 Å². The Hall–Kier alpha value is -1.79. The molecule has 0 radical (unpaired) electrons. The van der Waals surface area contributed by atoms with Gasteiger partial charge in [0.2, 0.25) is 0 Å². The molecule has 3 nitrogen and oxygen atoms in total. The Morgan fingerprint density at radius 2 is 2.00 bits per heavy atom. The van der Waals surface area contributed by atoms with E-state index in [1.165, 1.54) is 13.8 Å². The van der Waals surface area contributed by atoms with E-state index in [4.69, 9.17) is 11.2 Å². The first-order valence-electron chi connectivity index (χ1n) is 4.88. The van der Waals surface area contributed by atoms with Crippen LogP contribution >= 0.6 is 0 Å². The molecule has 0 aliphatic rings. The highest BCUT2D eigenvalue weighted by Crippen LogP contribution is 2.16. The van der Waals surface area contributed by atoms with Crippen LogP contribution in [0, 0.1) is 12.3 Å². The maximum absolute atomic E-state index is 11.7. The van der Waals surface area contributed by atoms with Crippen molar-refractivity contribution in [3.05, 3.63) is 29.8 Å². The van der Waals surface area contributed by atoms with Gasteiger partial charge in [0.1, 0.15) is 18.0 Å². The highest BCUT2D eigenvalue weighted by molar-refractivity contribution is 6.01. The summed E-state index contributed by atoms with van der Waals surface area (Å²) in [7, 11) is 0. The van der Waals surface area contributed by atoms with E-state index in [9.17, 15) is 9.90 Å². The Morgan fingerprint density at radius 1 is 1.44 bits per heavy atom. The fourth-order valence-electron chi connectivity index (χ4n) is 1.18. The van der Waals surface area contributed by atoms with Crippen molar-refractivity contribution in [2.45, 2.75) is 19.4 Å². The zero-order chi connectivity index (χ0) is 12.2. The van der Waals surface area contributed by atoms with Crippen molar-refractivity contribution in [2.24, 2.45) is 0 Å². The van der Waals surface area contributed by atoms with Crippen LogP contribution in [0.4, 0.5) is 0 Å². The van der Waals surface area contributed by atoms with Gasteiger partial charge < -0.3 is 9.84 Å². The molecule has 0 fully saturated rings. The van der Waals surface area contributed by atoms with Crippen molar-refractivity contribution in [1.82, 2.24) is 0 Å². The number of hydrogen-bond donors (Lipinski definition) is 1. The molecule has 84 valence electrons. The Kier molecular flexibility index (Phi) is 3.70. The van der Waals surface area contributed by atoms with Crippen molar-refractivity contribution in [1.29, 1.82) is 0 Å². The Morgan fingerprint density at radius 3 is 2.44 bits per heavy atom. The molecule has 0 unspecified atom stereocenters. The summed E-state index contributed by atoms with van der Waals surface area (Å²) in [6.07, 6.45) is 5.05. The lowest BCUT2D eigenvalue weighted by Gasteiger charge is -2.15. The van der Waals surface area contributed by atoms with Gasteiger partial charge in [-0.1, -0.05) is 5.92 Å². The van der Waals surface area contributed by atoms with E-state index in [1.807, 2.05) is 0 Å². The van der Waals surface area contributed by atoms with Gasteiger partial charge in [0.15, 0.2) is 5.78 Å². The molecule has 0 aliphatic carbocycles. The summed E-state index contributed by atoms with van der Waals surface area (Å²) in [4.78, 5) is 11.7.